The van der Waals surface area contributed by atoms with Crippen LogP contribution in [-0.4, -0.2) is 16.1 Å². The van der Waals surface area contributed by atoms with Gasteiger partial charge in [0.25, 0.3) is 12.3 Å². The summed E-state index contributed by atoms with van der Waals surface area (Å²) in [6.45, 7) is 0. The molecule has 2 unspecified atom stereocenters. The molecular weight excluding hydrogens is 566 g/mol. The van der Waals surface area contributed by atoms with Crippen molar-refractivity contribution in [3.63, 3.8) is 0 Å². The molecule has 0 spiro atoms. The Balaban J connectivity index is 1.50. The first-order valence-corrected chi connectivity index (χ1v) is 11.7. The monoisotopic (exact) mass is 578 g/mol. The van der Waals surface area contributed by atoms with Crippen molar-refractivity contribution in [3.8, 4) is 0 Å². The number of benzene rings is 3. The van der Waals surface area contributed by atoms with Crippen LogP contribution in [-0.2, 0) is 4.79 Å². The number of halogens is 8. The largest absolute Gasteiger partial charge is 0.326 e. The molecule has 1 aliphatic carbocycles. The molecule has 4 nitrogen and oxygen atoms in total. The lowest BCUT2D eigenvalue weighted by Gasteiger charge is -2.11. The first-order valence-electron chi connectivity index (χ1n) is 10.2. The number of carbonyl (C=O) groups is 2. The number of hydrogen-bond acceptors (Lipinski definition) is 2. The summed E-state index contributed by atoms with van der Waals surface area (Å²) in [6.07, 6.45) is -2.77. The zero-order valence-corrected chi connectivity index (χ0v) is 20.8. The number of hydrogen-bond donors (Lipinski definition) is 2. The summed E-state index contributed by atoms with van der Waals surface area (Å²) < 4.78 is 51.4. The van der Waals surface area contributed by atoms with E-state index in [1.54, 1.807) is 0 Å². The zero-order chi connectivity index (χ0) is 26.4. The van der Waals surface area contributed by atoms with Crippen LogP contribution in [0.1, 0.15) is 33.8 Å². The van der Waals surface area contributed by atoms with E-state index in [0.29, 0.717) is 11.6 Å². The molecule has 3 aromatic carbocycles. The van der Waals surface area contributed by atoms with Gasteiger partial charge < -0.3 is 10.6 Å². The minimum Gasteiger partial charge on any atom is -0.326 e. The van der Waals surface area contributed by atoms with Gasteiger partial charge in [-0.3, -0.25) is 9.59 Å². The summed E-state index contributed by atoms with van der Waals surface area (Å²) in [5.74, 6) is -4.86. The quantitative estimate of drug-likeness (QED) is 0.230. The number of rotatable bonds is 6. The Morgan fingerprint density at radius 1 is 0.889 bits per heavy atom. The normalized spacial score (nSPS) is 18.1. The van der Waals surface area contributed by atoms with Crippen molar-refractivity contribution in [2.24, 2.45) is 5.92 Å². The molecule has 2 amide bonds. The predicted octanol–water partition coefficient (Wildman–Crippen LogP) is 7.99. The number of amides is 2. The number of anilines is 2. The van der Waals surface area contributed by atoms with E-state index in [1.807, 2.05) is 0 Å². The molecule has 2 N–H and O–H groups in total. The van der Waals surface area contributed by atoms with E-state index in [1.165, 1.54) is 30.3 Å². The maximum absolute atomic E-state index is 13.9. The maximum Gasteiger partial charge on any atom is 0.265 e. The highest BCUT2D eigenvalue weighted by molar-refractivity contribution is 6.53. The Labute approximate surface area is 222 Å². The molecule has 1 saturated carbocycles. The highest BCUT2D eigenvalue weighted by Crippen LogP contribution is 2.65. The average Bonchev–Trinajstić information content (AvgIpc) is 3.38. The van der Waals surface area contributed by atoms with E-state index >= 15 is 0 Å². The van der Waals surface area contributed by atoms with Crippen molar-refractivity contribution in [1.82, 2.24) is 0 Å². The van der Waals surface area contributed by atoms with Gasteiger partial charge in [0.2, 0.25) is 5.91 Å². The van der Waals surface area contributed by atoms with E-state index in [9.17, 15) is 27.2 Å². The van der Waals surface area contributed by atoms with Crippen LogP contribution in [0, 0.1) is 17.6 Å². The van der Waals surface area contributed by atoms with E-state index in [4.69, 9.17) is 46.4 Å². The maximum atomic E-state index is 13.9. The van der Waals surface area contributed by atoms with Crippen LogP contribution in [0.3, 0.4) is 0 Å². The predicted molar refractivity (Wildman–Crippen MR) is 131 cm³/mol. The molecule has 0 saturated heterocycles. The fraction of sp³-hybridized carbons (Fsp3) is 0.167. The summed E-state index contributed by atoms with van der Waals surface area (Å²) >= 11 is 24.6. The summed E-state index contributed by atoms with van der Waals surface area (Å²) in [4.78, 5) is 25.5. The standard InChI is InChI=1S/C24H14Cl4F4N2O2/c25-15-5-3-12(9-14(15)22(35)34-18-6-2-11(29)8-17(18)30)33-23(36)20-19(24(20,27)28)10-1-4-13(21(31)32)16(26)7-10/h1-9,19-21H,(H,33,36)(H,34,35). The zero-order valence-electron chi connectivity index (χ0n) is 17.8. The van der Waals surface area contributed by atoms with Crippen molar-refractivity contribution >= 4 is 69.6 Å². The second-order valence-electron chi connectivity index (χ2n) is 7.97. The summed E-state index contributed by atoms with van der Waals surface area (Å²) in [6, 6.07) is 10.5. The topological polar surface area (TPSA) is 58.2 Å². The Hall–Kier alpha value is -2.52. The number of carbonyl (C=O) groups excluding carboxylic acids is 2. The lowest BCUT2D eigenvalue weighted by molar-refractivity contribution is -0.117. The summed E-state index contributed by atoms with van der Waals surface area (Å²) in [7, 11) is 0. The highest BCUT2D eigenvalue weighted by atomic mass is 35.5. The second-order valence-corrected chi connectivity index (χ2v) is 10.2. The molecule has 1 fully saturated rings. The lowest BCUT2D eigenvalue weighted by Crippen LogP contribution is -2.18. The first-order chi connectivity index (χ1) is 16.9. The van der Waals surface area contributed by atoms with Crippen LogP contribution in [0.4, 0.5) is 28.9 Å². The molecule has 0 aromatic heterocycles. The van der Waals surface area contributed by atoms with Crippen LogP contribution >= 0.6 is 46.4 Å². The fourth-order valence-corrected chi connectivity index (χ4v) is 5.06. The molecule has 0 radical (unpaired) electrons. The van der Waals surface area contributed by atoms with Gasteiger partial charge in [0, 0.05) is 28.3 Å². The molecule has 2 atom stereocenters. The van der Waals surface area contributed by atoms with Crippen LogP contribution in [0.5, 0.6) is 0 Å². The Bertz CT molecular complexity index is 1370. The van der Waals surface area contributed by atoms with E-state index < -0.39 is 46.0 Å². The molecule has 3 aromatic rings. The fourth-order valence-electron chi connectivity index (χ4n) is 3.76. The molecule has 0 aliphatic heterocycles. The van der Waals surface area contributed by atoms with E-state index in [-0.39, 0.29) is 32.5 Å². The molecule has 12 heteroatoms. The van der Waals surface area contributed by atoms with Gasteiger partial charge in [0.1, 0.15) is 16.0 Å². The molecule has 4 rings (SSSR count). The van der Waals surface area contributed by atoms with Crippen molar-refractivity contribution in [2.45, 2.75) is 16.7 Å². The Morgan fingerprint density at radius 3 is 2.25 bits per heavy atom. The first kappa shape index (κ1) is 26.5. The summed E-state index contributed by atoms with van der Waals surface area (Å²) in [5, 5.41) is 4.70. The van der Waals surface area contributed by atoms with Crippen molar-refractivity contribution < 1.29 is 27.2 Å². The van der Waals surface area contributed by atoms with Gasteiger partial charge in [0.15, 0.2) is 0 Å². The van der Waals surface area contributed by atoms with Crippen molar-refractivity contribution in [2.75, 3.05) is 10.6 Å². The van der Waals surface area contributed by atoms with Crippen molar-refractivity contribution in [3.05, 3.63) is 93.0 Å². The second kappa shape index (κ2) is 10.1. The Kier molecular flexibility index (Phi) is 7.44. The third-order valence-corrected chi connectivity index (χ3v) is 7.21. The molecule has 0 bridgehead atoms. The number of alkyl halides is 4. The van der Waals surface area contributed by atoms with E-state index in [0.717, 1.165) is 18.2 Å². The van der Waals surface area contributed by atoms with Gasteiger partial charge in [-0.15, -0.1) is 23.2 Å². The molecule has 1 aliphatic rings. The summed E-state index contributed by atoms with van der Waals surface area (Å²) in [5.41, 5.74) is -0.146. The molecular formula is C24H14Cl4F4N2O2. The van der Waals surface area contributed by atoms with Gasteiger partial charge in [0.05, 0.1) is 22.2 Å². The third kappa shape index (κ3) is 5.27. The van der Waals surface area contributed by atoms with Crippen LogP contribution in [0.2, 0.25) is 10.0 Å². The molecule has 0 heterocycles. The van der Waals surface area contributed by atoms with Gasteiger partial charge >= 0.3 is 0 Å². The van der Waals surface area contributed by atoms with Gasteiger partial charge in [-0.05, 0) is 42.0 Å². The Morgan fingerprint density at radius 2 is 1.61 bits per heavy atom. The molecule has 36 heavy (non-hydrogen) atoms. The molecule has 188 valence electrons. The lowest BCUT2D eigenvalue weighted by atomic mass is 10.1. The third-order valence-electron chi connectivity index (χ3n) is 5.61. The number of nitrogens with one attached hydrogen (secondary N) is 2. The van der Waals surface area contributed by atoms with Gasteiger partial charge in [-0.2, -0.15) is 0 Å². The minimum absolute atomic E-state index is 0.00936. The van der Waals surface area contributed by atoms with Crippen LogP contribution < -0.4 is 10.6 Å². The van der Waals surface area contributed by atoms with Gasteiger partial charge in [-0.25, -0.2) is 17.6 Å². The SMILES string of the molecule is O=C(Nc1ccc(F)cc1F)c1cc(NC(=O)C2C(c3ccc(C(F)F)c(Cl)c3)C2(Cl)Cl)ccc1Cl. The average molecular weight is 580 g/mol. The van der Waals surface area contributed by atoms with Crippen LogP contribution in [0.25, 0.3) is 0 Å². The highest BCUT2D eigenvalue weighted by Gasteiger charge is 2.67. The van der Waals surface area contributed by atoms with Crippen LogP contribution in [0.15, 0.2) is 54.6 Å². The van der Waals surface area contributed by atoms with Crippen molar-refractivity contribution in [1.29, 1.82) is 0 Å². The smallest absolute Gasteiger partial charge is 0.265 e. The van der Waals surface area contributed by atoms with Gasteiger partial charge in [-0.1, -0.05) is 35.3 Å². The van der Waals surface area contributed by atoms with E-state index in [2.05, 4.69) is 10.6 Å². The minimum atomic E-state index is -2.77.